The van der Waals surface area contributed by atoms with E-state index >= 15 is 0 Å². The molecule has 142 valence electrons. The summed E-state index contributed by atoms with van der Waals surface area (Å²) in [6.45, 7) is 9.69. The first-order valence-electron chi connectivity index (χ1n) is 8.62. The third-order valence-corrected chi connectivity index (χ3v) is 8.48. The summed E-state index contributed by atoms with van der Waals surface area (Å²) >= 11 is 1.34. The predicted octanol–water partition coefficient (Wildman–Crippen LogP) is 2.61. The van der Waals surface area contributed by atoms with E-state index in [2.05, 4.69) is 20.8 Å². The summed E-state index contributed by atoms with van der Waals surface area (Å²) in [6, 6.07) is 3.73. The van der Waals surface area contributed by atoms with E-state index in [4.69, 9.17) is 5.11 Å². The minimum atomic E-state index is -3.46. The second-order valence-corrected chi connectivity index (χ2v) is 10.7. The third-order valence-electron chi connectivity index (χ3n) is 4.60. The number of carbonyl (C=O) groups is 1. The Morgan fingerprint density at radius 3 is 2.36 bits per heavy atom. The van der Waals surface area contributed by atoms with Crippen molar-refractivity contribution in [2.24, 2.45) is 0 Å². The molecule has 0 amide bonds. The zero-order chi connectivity index (χ0) is 18.8. The minimum Gasteiger partial charge on any atom is -0.480 e. The molecule has 8 heteroatoms. The lowest BCUT2D eigenvalue weighted by Crippen LogP contribution is -2.47. The van der Waals surface area contributed by atoms with E-state index in [1.807, 2.05) is 17.9 Å². The van der Waals surface area contributed by atoms with Gasteiger partial charge in [-0.05, 0) is 36.9 Å². The molecule has 6 nitrogen and oxygen atoms in total. The summed E-state index contributed by atoms with van der Waals surface area (Å²) in [4.78, 5) is 13.9. The number of aliphatic carboxylic acids is 1. The van der Waals surface area contributed by atoms with Crippen molar-refractivity contribution in [3.05, 3.63) is 17.0 Å². The minimum absolute atomic E-state index is 0.00772. The van der Waals surface area contributed by atoms with Crippen LogP contribution in [0.3, 0.4) is 0 Å². The van der Waals surface area contributed by atoms with Crippen molar-refractivity contribution in [1.29, 1.82) is 0 Å². The van der Waals surface area contributed by atoms with Gasteiger partial charge in [0.1, 0.15) is 4.21 Å². The van der Waals surface area contributed by atoms with Gasteiger partial charge in [-0.2, -0.15) is 4.31 Å². The van der Waals surface area contributed by atoms with E-state index in [9.17, 15) is 13.2 Å². The molecule has 0 radical (unpaired) electrons. The van der Waals surface area contributed by atoms with Crippen LogP contribution in [-0.2, 0) is 20.2 Å². The molecule has 1 fully saturated rings. The van der Waals surface area contributed by atoms with E-state index in [0.717, 1.165) is 4.88 Å². The normalized spacial score (nSPS) is 18.0. The van der Waals surface area contributed by atoms with Crippen LogP contribution < -0.4 is 0 Å². The molecule has 0 bridgehead atoms. The molecule has 2 heterocycles. The Kier molecular flexibility index (Phi) is 6.30. The van der Waals surface area contributed by atoms with Gasteiger partial charge < -0.3 is 5.11 Å². The topological polar surface area (TPSA) is 77.9 Å². The maximum Gasteiger partial charge on any atom is 0.317 e. The molecular weight excluding hydrogens is 360 g/mol. The zero-order valence-corrected chi connectivity index (χ0v) is 17.0. The van der Waals surface area contributed by atoms with Gasteiger partial charge in [0.2, 0.25) is 0 Å². The molecule has 1 aliphatic heterocycles. The van der Waals surface area contributed by atoms with Crippen LogP contribution in [0.25, 0.3) is 0 Å². The molecular formula is C17H28N2O4S2. The highest BCUT2D eigenvalue weighted by Crippen LogP contribution is 2.34. The van der Waals surface area contributed by atoms with Crippen LogP contribution in [0.15, 0.2) is 16.3 Å². The number of carboxylic acid groups (broad SMARTS) is 1. The number of rotatable bonds is 6. The van der Waals surface area contributed by atoms with Gasteiger partial charge in [0, 0.05) is 24.0 Å². The fourth-order valence-electron chi connectivity index (χ4n) is 3.11. The summed E-state index contributed by atoms with van der Waals surface area (Å²) in [6.07, 6.45) is 1.33. The molecule has 1 aliphatic rings. The molecule has 1 saturated heterocycles. The Morgan fingerprint density at radius 1 is 1.32 bits per heavy atom. The number of nitrogens with zero attached hydrogens (tertiary/aromatic N) is 2. The largest absolute Gasteiger partial charge is 0.480 e. The van der Waals surface area contributed by atoms with Crippen LogP contribution in [-0.4, -0.2) is 60.9 Å². The number of thiophene rings is 1. The Balaban J connectivity index is 2.06. The summed E-state index contributed by atoms with van der Waals surface area (Å²) in [5, 5.41) is 9.00. The second kappa shape index (κ2) is 7.73. The smallest absolute Gasteiger partial charge is 0.317 e. The van der Waals surface area contributed by atoms with Crippen LogP contribution in [0.5, 0.6) is 0 Å². The van der Waals surface area contributed by atoms with Crippen LogP contribution in [0, 0.1) is 0 Å². The first-order valence-corrected chi connectivity index (χ1v) is 10.9. The van der Waals surface area contributed by atoms with Crippen LogP contribution in [0.1, 0.15) is 45.4 Å². The lowest BCUT2D eigenvalue weighted by Gasteiger charge is -2.36. The number of hydrogen-bond donors (Lipinski definition) is 1. The number of hydrogen-bond acceptors (Lipinski definition) is 5. The van der Waals surface area contributed by atoms with Gasteiger partial charge in [0.25, 0.3) is 10.0 Å². The van der Waals surface area contributed by atoms with Gasteiger partial charge in [-0.15, -0.1) is 11.3 Å². The van der Waals surface area contributed by atoms with Crippen LogP contribution in [0.4, 0.5) is 0 Å². The highest BCUT2D eigenvalue weighted by atomic mass is 32.2. The molecule has 0 spiro atoms. The number of sulfonamides is 1. The summed E-state index contributed by atoms with van der Waals surface area (Å²) in [7, 11) is -3.46. The van der Waals surface area contributed by atoms with Gasteiger partial charge in [-0.25, -0.2) is 8.42 Å². The molecule has 0 aromatic carbocycles. The quantitative estimate of drug-likeness (QED) is 0.810. The molecule has 1 aromatic heterocycles. The third kappa shape index (κ3) is 4.81. The van der Waals surface area contributed by atoms with E-state index in [0.29, 0.717) is 36.7 Å². The van der Waals surface area contributed by atoms with E-state index in [-0.39, 0.29) is 18.0 Å². The number of likely N-dealkylation sites (N-methyl/N-ethyl adjacent to an activating group) is 1. The Labute approximate surface area is 154 Å². The SMILES string of the molecule is CCN(CC(=O)O)C1CCN(S(=O)(=O)c2ccc(C(C)(C)C)s2)CC1. The van der Waals surface area contributed by atoms with Crippen molar-refractivity contribution in [3.8, 4) is 0 Å². The van der Waals surface area contributed by atoms with Crippen molar-refractivity contribution in [2.75, 3.05) is 26.2 Å². The molecule has 25 heavy (non-hydrogen) atoms. The summed E-state index contributed by atoms with van der Waals surface area (Å²) < 4.78 is 27.7. The van der Waals surface area contributed by atoms with E-state index in [1.165, 1.54) is 15.6 Å². The van der Waals surface area contributed by atoms with Crippen molar-refractivity contribution in [3.63, 3.8) is 0 Å². The van der Waals surface area contributed by atoms with Crippen molar-refractivity contribution >= 4 is 27.3 Å². The first-order chi connectivity index (χ1) is 11.6. The molecule has 0 unspecified atom stereocenters. The number of carboxylic acids is 1. The number of piperidine rings is 1. The molecule has 0 saturated carbocycles. The molecule has 0 atom stereocenters. The average molecular weight is 389 g/mol. The average Bonchev–Trinajstić information content (AvgIpc) is 3.03. The molecule has 2 rings (SSSR count). The lowest BCUT2D eigenvalue weighted by atomic mass is 9.95. The summed E-state index contributed by atoms with van der Waals surface area (Å²) in [5.74, 6) is -0.842. The maximum atomic E-state index is 12.9. The Hall–Kier alpha value is -0.960. The van der Waals surface area contributed by atoms with Gasteiger partial charge in [-0.1, -0.05) is 27.7 Å². The molecule has 1 aromatic rings. The Bertz CT molecular complexity index is 698. The van der Waals surface area contributed by atoms with Gasteiger partial charge in [0.15, 0.2) is 0 Å². The van der Waals surface area contributed by atoms with Crippen LogP contribution >= 0.6 is 11.3 Å². The predicted molar refractivity (Wildman–Crippen MR) is 99.7 cm³/mol. The maximum absolute atomic E-state index is 12.9. The highest BCUT2D eigenvalue weighted by Gasteiger charge is 2.33. The molecule has 1 N–H and O–H groups in total. The van der Waals surface area contributed by atoms with Gasteiger partial charge >= 0.3 is 5.97 Å². The Morgan fingerprint density at radius 2 is 1.92 bits per heavy atom. The van der Waals surface area contributed by atoms with E-state index in [1.54, 1.807) is 6.07 Å². The second-order valence-electron chi connectivity index (χ2n) is 7.46. The molecule has 0 aliphatic carbocycles. The van der Waals surface area contributed by atoms with Crippen molar-refractivity contribution in [1.82, 2.24) is 9.21 Å². The van der Waals surface area contributed by atoms with Crippen LogP contribution in [0.2, 0.25) is 0 Å². The monoisotopic (exact) mass is 388 g/mol. The standard InChI is InChI=1S/C17H28N2O4S2/c1-5-18(12-15(20)21)13-8-10-19(11-9-13)25(22,23)16-7-6-14(24-16)17(2,3)4/h6-7,13H,5,8-12H2,1-4H3,(H,20,21). The summed E-state index contributed by atoms with van der Waals surface area (Å²) in [5.41, 5.74) is -0.0656. The zero-order valence-electron chi connectivity index (χ0n) is 15.4. The van der Waals surface area contributed by atoms with E-state index < -0.39 is 16.0 Å². The van der Waals surface area contributed by atoms with Gasteiger partial charge in [-0.3, -0.25) is 9.69 Å². The van der Waals surface area contributed by atoms with Crippen molar-refractivity contribution < 1.29 is 18.3 Å². The van der Waals surface area contributed by atoms with Crippen molar-refractivity contribution in [2.45, 2.75) is 56.2 Å². The lowest BCUT2D eigenvalue weighted by molar-refractivity contribution is -0.139. The highest BCUT2D eigenvalue weighted by molar-refractivity contribution is 7.91. The first kappa shape index (κ1) is 20.4. The van der Waals surface area contributed by atoms with Gasteiger partial charge in [0.05, 0.1) is 6.54 Å². The fraction of sp³-hybridized carbons (Fsp3) is 0.706. The fourth-order valence-corrected chi connectivity index (χ4v) is 6.10.